The van der Waals surface area contributed by atoms with E-state index in [0.29, 0.717) is 42.1 Å². The van der Waals surface area contributed by atoms with Crippen LogP contribution < -0.4 is 14.8 Å². The van der Waals surface area contributed by atoms with Crippen LogP contribution in [0.5, 0.6) is 11.5 Å². The summed E-state index contributed by atoms with van der Waals surface area (Å²) in [7, 11) is 5.02. The molecule has 0 aromatic heterocycles. The van der Waals surface area contributed by atoms with E-state index in [4.69, 9.17) is 14.2 Å². The Bertz CT molecular complexity index is 1340. The second kappa shape index (κ2) is 11.8. The number of hydrogen-bond donors (Lipinski definition) is 1. The van der Waals surface area contributed by atoms with Gasteiger partial charge in [-0.2, -0.15) is 0 Å². The van der Waals surface area contributed by atoms with Crippen LogP contribution in [-0.2, 0) is 11.2 Å². The quantitative estimate of drug-likeness (QED) is 0.408. The highest BCUT2D eigenvalue weighted by molar-refractivity contribution is 5.99. The van der Waals surface area contributed by atoms with Crippen LogP contribution in [0.1, 0.15) is 50.9 Å². The first-order valence-corrected chi connectivity index (χ1v) is 13.3. The number of likely N-dealkylation sites (N-methyl/N-ethyl adjacent to an activating group) is 1. The van der Waals surface area contributed by atoms with Crippen LogP contribution in [0, 0.1) is 0 Å². The van der Waals surface area contributed by atoms with Gasteiger partial charge >= 0.3 is 0 Å². The number of methoxy groups -OCH3 is 2. The van der Waals surface area contributed by atoms with Gasteiger partial charge in [0.05, 0.1) is 20.3 Å². The van der Waals surface area contributed by atoms with Crippen molar-refractivity contribution in [3.63, 3.8) is 0 Å². The zero-order valence-corrected chi connectivity index (χ0v) is 22.7. The van der Waals surface area contributed by atoms with Gasteiger partial charge in [0.15, 0.2) is 11.5 Å². The molecule has 204 valence electrons. The fraction of sp³-hybridized carbons (Fsp3) is 0.355. The molecule has 1 fully saturated rings. The first-order chi connectivity index (χ1) is 19.0. The van der Waals surface area contributed by atoms with Crippen molar-refractivity contribution in [2.45, 2.75) is 31.5 Å². The summed E-state index contributed by atoms with van der Waals surface area (Å²) in [5, 5.41) is 3.52. The Morgan fingerprint density at radius 2 is 1.87 bits per heavy atom. The number of hydrogen-bond acceptors (Lipinski definition) is 6. The van der Waals surface area contributed by atoms with Gasteiger partial charge in [-0.3, -0.25) is 9.59 Å². The predicted molar refractivity (Wildman–Crippen MR) is 149 cm³/mol. The molecule has 0 saturated carbocycles. The van der Waals surface area contributed by atoms with Crippen LogP contribution in [0.4, 0.5) is 5.69 Å². The number of nitrogens with zero attached hydrogens (tertiary/aromatic N) is 2. The molecule has 3 aromatic rings. The molecule has 2 heterocycles. The predicted octanol–water partition coefficient (Wildman–Crippen LogP) is 4.76. The fourth-order valence-electron chi connectivity index (χ4n) is 5.28. The number of rotatable bonds is 10. The Morgan fingerprint density at radius 3 is 2.64 bits per heavy atom. The molecule has 1 N–H and O–H groups in total. The third-order valence-corrected chi connectivity index (χ3v) is 7.43. The largest absolute Gasteiger partial charge is 0.493 e. The average molecular weight is 530 g/mol. The van der Waals surface area contributed by atoms with Gasteiger partial charge in [-0.25, -0.2) is 0 Å². The SMILES string of the molecule is COc1ccc(CCN(C)C(=O)c2cccc(NC3c4ccccc4C(=O)N3CC3CCCO3)c2)cc1OC. The molecule has 39 heavy (non-hydrogen) atoms. The van der Waals surface area contributed by atoms with Gasteiger partial charge in [-0.05, 0) is 61.2 Å². The number of benzene rings is 3. The van der Waals surface area contributed by atoms with E-state index in [0.717, 1.165) is 36.3 Å². The lowest BCUT2D eigenvalue weighted by Crippen LogP contribution is -2.38. The van der Waals surface area contributed by atoms with E-state index in [1.807, 2.05) is 71.6 Å². The fourth-order valence-corrected chi connectivity index (χ4v) is 5.28. The third kappa shape index (κ3) is 5.71. The summed E-state index contributed by atoms with van der Waals surface area (Å²) < 4.78 is 16.5. The maximum Gasteiger partial charge on any atom is 0.256 e. The summed E-state index contributed by atoms with van der Waals surface area (Å²) in [6, 6.07) is 20.9. The van der Waals surface area contributed by atoms with Crippen LogP contribution in [0.2, 0.25) is 0 Å². The molecular formula is C31H35N3O5. The standard InChI is InChI=1S/C31H35N3O5/c1-33(16-15-21-13-14-27(37-2)28(18-21)38-3)30(35)22-8-6-9-23(19-22)32-29-25-11-4-5-12-26(25)31(36)34(29)20-24-10-7-17-39-24/h4-6,8-9,11-14,18-19,24,29,32H,7,10,15-17,20H2,1-3H3. The number of fused-ring (bicyclic) bond motifs is 1. The molecule has 8 heteroatoms. The molecule has 0 bridgehead atoms. The van der Waals surface area contributed by atoms with E-state index in [1.54, 1.807) is 26.2 Å². The zero-order valence-electron chi connectivity index (χ0n) is 22.7. The monoisotopic (exact) mass is 529 g/mol. The van der Waals surface area contributed by atoms with E-state index in [-0.39, 0.29) is 24.1 Å². The van der Waals surface area contributed by atoms with Crippen LogP contribution in [-0.4, -0.2) is 68.7 Å². The number of anilines is 1. The lowest BCUT2D eigenvalue weighted by molar-refractivity contribution is 0.0488. The number of amides is 2. The normalized spacial score (nSPS) is 18.1. The van der Waals surface area contributed by atoms with Gasteiger partial charge in [-0.1, -0.05) is 30.3 Å². The van der Waals surface area contributed by atoms with Gasteiger partial charge < -0.3 is 29.3 Å². The Kier molecular flexibility index (Phi) is 8.02. The van der Waals surface area contributed by atoms with Crippen LogP contribution in [0.3, 0.4) is 0 Å². The summed E-state index contributed by atoms with van der Waals surface area (Å²) in [5.74, 6) is 1.28. The van der Waals surface area contributed by atoms with E-state index >= 15 is 0 Å². The van der Waals surface area contributed by atoms with Crippen molar-refractivity contribution in [2.75, 3.05) is 46.3 Å². The minimum atomic E-state index is -0.328. The molecule has 0 spiro atoms. The van der Waals surface area contributed by atoms with Crippen molar-refractivity contribution in [3.05, 3.63) is 89.0 Å². The van der Waals surface area contributed by atoms with Crippen LogP contribution in [0.15, 0.2) is 66.7 Å². The molecule has 5 rings (SSSR count). The minimum Gasteiger partial charge on any atom is -0.493 e. The molecule has 2 unspecified atom stereocenters. The summed E-state index contributed by atoms with van der Waals surface area (Å²) in [6.45, 7) is 1.82. The molecule has 8 nitrogen and oxygen atoms in total. The van der Waals surface area contributed by atoms with Crippen molar-refractivity contribution in [2.24, 2.45) is 0 Å². The molecule has 2 atom stereocenters. The smallest absolute Gasteiger partial charge is 0.256 e. The van der Waals surface area contributed by atoms with Crippen molar-refractivity contribution >= 4 is 17.5 Å². The van der Waals surface area contributed by atoms with Crippen molar-refractivity contribution in [1.29, 1.82) is 0 Å². The maximum atomic E-state index is 13.3. The number of carbonyl (C=O) groups is 2. The average Bonchev–Trinajstić information content (AvgIpc) is 3.58. The van der Waals surface area contributed by atoms with Crippen LogP contribution in [0.25, 0.3) is 0 Å². The minimum absolute atomic E-state index is 0.000673. The molecular weight excluding hydrogens is 494 g/mol. The van der Waals surface area contributed by atoms with Crippen molar-refractivity contribution < 1.29 is 23.8 Å². The Hall–Kier alpha value is -4.04. The highest BCUT2D eigenvalue weighted by atomic mass is 16.5. The molecule has 1 saturated heterocycles. The first-order valence-electron chi connectivity index (χ1n) is 13.3. The number of carbonyl (C=O) groups excluding carboxylic acids is 2. The number of ether oxygens (including phenoxy) is 3. The second-order valence-corrected chi connectivity index (χ2v) is 9.97. The van der Waals surface area contributed by atoms with Gasteiger partial charge in [0.25, 0.3) is 11.8 Å². The molecule has 2 aliphatic rings. The summed E-state index contributed by atoms with van der Waals surface area (Å²) in [5.41, 5.74) is 4.05. The van der Waals surface area contributed by atoms with E-state index in [2.05, 4.69) is 5.32 Å². The highest BCUT2D eigenvalue weighted by Crippen LogP contribution is 2.35. The van der Waals surface area contributed by atoms with Crippen LogP contribution >= 0.6 is 0 Å². The second-order valence-electron chi connectivity index (χ2n) is 9.97. The summed E-state index contributed by atoms with van der Waals surface area (Å²) in [6.07, 6.45) is 2.36. The van der Waals surface area contributed by atoms with Gasteiger partial charge in [0, 0.05) is 49.1 Å². The van der Waals surface area contributed by atoms with E-state index in [1.165, 1.54) is 0 Å². The molecule has 2 aliphatic heterocycles. The molecule has 0 radical (unpaired) electrons. The summed E-state index contributed by atoms with van der Waals surface area (Å²) >= 11 is 0. The molecule has 3 aromatic carbocycles. The number of nitrogens with one attached hydrogen (secondary N) is 1. The highest BCUT2D eigenvalue weighted by Gasteiger charge is 2.38. The lowest BCUT2D eigenvalue weighted by Gasteiger charge is -2.29. The Morgan fingerprint density at radius 1 is 1.05 bits per heavy atom. The van der Waals surface area contributed by atoms with E-state index in [9.17, 15) is 9.59 Å². The maximum absolute atomic E-state index is 13.3. The lowest BCUT2D eigenvalue weighted by atomic mass is 10.1. The Balaban J connectivity index is 1.28. The van der Waals surface area contributed by atoms with Gasteiger partial charge in [0.2, 0.25) is 0 Å². The topological polar surface area (TPSA) is 80.3 Å². The zero-order chi connectivity index (χ0) is 27.4. The van der Waals surface area contributed by atoms with Gasteiger partial charge in [-0.15, -0.1) is 0 Å². The molecule has 2 amide bonds. The Labute approximate surface area is 229 Å². The van der Waals surface area contributed by atoms with E-state index < -0.39 is 0 Å². The van der Waals surface area contributed by atoms with Gasteiger partial charge in [0.1, 0.15) is 6.17 Å². The molecule has 0 aliphatic carbocycles. The third-order valence-electron chi connectivity index (χ3n) is 7.43. The summed E-state index contributed by atoms with van der Waals surface area (Å²) in [4.78, 5) is 30.1. The van der Waals surface area contributed by atoms with Crippen molar-refractivity contribution in [1.82, 2.24) is 9.80 Å². The first kappa shape index (κ1) is 26.6. The van der Waals surface area contributed by atoms with Crippen molar-refractivity contribution in [3.8, 4) is 11.5 Å².